The number of carbonyl (C=O) groups is 1. The lowest BCUT2D eigenvalue weighted by Crippen LogP contribution is -2.35. The van der Waals surface area contributed by atoms with Gasteiger partial charge < -0.3 is 14.8 Å². The Balaban J connectivity index is 2.77. The van der Waals surface area contributed by atoms with Crippen molar-refractivity contribution in [3.05, 3.63) is 24.3 Å². The third-order valence-electron chi connectivity index (χ3n) is 2.84. The highest BCUT2D eigenvalue weighted by molar-refractivity contribution is 7.89. The second-order valence-electron chi connectivity index (χ2n) is 4.82. The highest BCUT2D eigenvalue weighted by Gasteiger charge is 2.18. The summed E-state index contributed by atoms with van der Waals surface area (Å²) in [5, 5.41) is 2.47. The predicted molar refractivity (Wildman–Crippen MR) is 82.3 cm³/mol. The van der Waals surface area contributed by atoms with E-state index in [1.54, 1.807) is 13.8 Å². The van der Waals surface area contributed by atoms with Crippen LogP contribution in [-0.2, 0) is 19.6 Å². The van der Waals surface area contributed by atoms with Gasteiger partial charge in [-0.05, 0) is 38.1 Å². The molecule has 0 heterocycles. The molecule has 0 radical (unpaired) electrons. The Labute approximate surface area is 131 Å². The summed E-state index contributed by atoms with van der Waals surface area (Å²) < 4.78 is 37.1. The van der Waals surface area contributed by atoms with E-state index in [-0.39, 0.29) is 23.5 Å². The first-order chi connectivity index (χ1) is 10.3. The molecule has 1 amide bonds. The van der Waals surface area contributed by atoms with E-state index in [4.69, 9.17) is 9.47 Å². The van der Waals surface area contributed by atoms with E-state index in [2.05, 4.69) is 10.0 Å². The van der Waals surface area contributed by atoms with Crippen LogP contribution in [0.4, 0.5) is 0 Å². The average Bonchev–Trinajstić information content (AvgIpc) is 2.46. The van der Waals surface area contributed by atoms with Gasteiger partial charge in [0, 0.05) is 20.2 Å². The molecule has 2 N–H and O–H groups in total. The van der Waals surface area contributed by atoms with E-state index < -0.39 is 16.1 Å². The van der Waals surface area contributed by atoms with Gasteiger partial charge in [-0.3, -0.25) is 4.79 Å². The summed E-state index contributed by atoms with van der Waals surface area (Å²) in [7, 11) is -0.590. The monoisotopic (exact) mass is 330 g/mol. The lowest BCUT2D eigenvalue weighted by molar-refractivity contribution is -0.126. The van der Waals surface area contributed by atoms with Crippen LogP contribution in [0.1, 0.15) is 13.8 Å². The van der Waals surface area contributed by atoms with Gasteiger partial charge in [-0.15, -0.1) is 0 Å². The molecule has 0 aliphatic heterocycles. The Kier molecular flexibility index (Phi) is 6.79. The molecule has 0 unspecified atom stereocenters. The van der Waals surface area contributed by atoms with Gasteiger partial charge in [0.25, 0.3) is 5.91 Å². The zero-order valence-corrected chi connectivity index (χ0v) is 13.9. The fourth-order valence-electron chi connectivity index (χ4n) is 1.78. The van der Waals surface area contributed by atoms with E-state index >= 15 is 0 Å². The molecule has 0 spiro atoms. The van der Waals surface area contributed by atoms with Crippen LogP contribution < -0.4 is 14.8 Å². The molecule has 22 heavy (non-hydrogen) atoms. The molecule has 0 aliphatic carbocycles. The number of amides is 1. The minimum Gasteiger partial charge on any atom is -0.481 e. The van der Waals surface area contributed by atoms with Gasteiger partial charge in [-0.25, -0.2) is 13.1 Å². The molecule has 2 atom stereocenters. The largest absolute Gasteiger partial charge is 0.481 e. The van der Waals surface area contributed by atoms with Gasteiger partial charge in [0.15, 0.2) is 6.10 Å². The zero-order valence-electron chi connectivity index (χ0n) is 13.1. The first-order valence-corrected chi connectivity index (χ1v) is 8.28. The summed E-state index contributed by atoms with van der Waals surface area (Å²) in [5.41, 5.74) is 0. The van der Waals surface area contributed by atoms with Crippen LogP contribution in [-0.4, -0.2) is 47.2 Å². The van der Waals surface area contributed by atoms with Crippen molar-refractivity contribution in [2.24, 2.45) is 0 Å². The first-order valence-electron chi connectivity index (χ1n) is 6.79. The Morgan fingerprint density at radius 2 is 1.82 bits per heavy atom. The minimum atomic E-state index is -3.61. The molecule has 0 bridgehead atoms. The average molecular weight is 330 g/mol. The molecule has 124 valence electrons. The number of sulfonamides is 1. The summed E-state index contributed by atoms with van der Waals surface area (Å²) >= 11 is 0. The van der Waals surface area contributed by atoms with Crippen molar-refractivity contribution >= 4 is 15.9 Å². The molecule has 0 aliphatic rings. The van der Waals surface area contributed by atoms with Crippen molar-refractivity contribution in [2.45, 2.75) is 30.9 Å². The number of hydrogen-bond donors (Lipinski definition) is 2. The third-order valence-corrected chi connectivity index (χ3v) is 4.44. The van der Waals surface area contributed by atoms with Crippen LogP contribution in [0.15, 0.2) is 29.2 Å². The zero-order chi connectivity index (χ0) is 16.8. The molecule has 1 aromatic carbocycles. The van der Waals surface area contributed by atoms with E-state index in [0.29, 0.717) is 5.75 Å². The Morgan fingerprint density at radius 3 is 2.32 bits per heavy atom. The molecule has 1 rings (SSSR count). The van der Waals surface area contributed by atoms with E-state index in [1.807, 2.05) is 0 Å². The summed E-state index contributed by atoms with van der Waals surface area (Å²) in [6.07, 6.45) is -0.660. The lowest BCUT2D eigenvalue weighted by Gasteiger charge is -2.15. The molecule has 8 heteroatoms. The number of carbonyl (C=O) groups excluding carboxylic acids is 1. The van der Waals surface area contributed by atoms with Crippen molar-refractivity contribution < 1.29 is 22.7 Å². The van der Waals surface area contributed by atoms with Crippen LogP contribution in [0.25, 0.3) is 0 Å². The predicted octanol–water partition coefficient (Wildman–Crippen LogP) is 0.513. The molecule has 0 fully saturated rings. The Hall–Kier alpha value is -1.64. The van der Waals surface area contributed by atoms with Gasteiger partial charge in [-0.2, -0.15) is 0 Å². The van der Waals surface area contributed by atoms with Gasteiger partial charge in [-0.1, -0.05) is 0 Å². The summed E-state index contributed by atoms with van der Waals surface area (Å²) in [6, 6.07) is 5.53. The molecule has 7 nitrogen and oxygen atoms in total. The maximum Gasteiger partial charge on any atom is 0.260 e. The normalized spacial score (nSPS) is 14.2. The van der Waals surface area contributed by atoms with Gasteiger partial charge in [0.1, 0.15) is 5.75 Å². The van der Waals surface area contributed by atoms with Crippen LogP contribution in [0.3, 0.4) is 0 Å². The van der Waals surface area contributed by atoms with Gasteiger partial charge in [0.05, 0.1) is 11.5 Å². The number of ether oxygens (including phenoxy) is 2. The first kappa shape index (κ1) is 18.4. The van der Waals surface area contributed by atoms with E-state index in [0.717, 1.165) is 0 Å². The maximum absolute atomic E-state index is 12.1. The lowest BCUT2D eigenvalue weighted by atomic mass is 10.3. The number of nitrogens with one attached hydrogen (secondary N) is 2. The summed E-state index contributed by atoms with van der Waals surface area (Å²) in [6.45, 7) is 3.60. The Morgan fingerprint density at radius 1 is 1.23 bits per heavy atom. The topological polar surface area (TPSA) is 93.7 Å². The quantitative estimate of drug-likeness (QED) is 0.724. The molecular formula is C14H22N2O5S. The number of benzene rings is 1. The van der Waals surface area contributed by atoms with Crippen LogP contribution in [0.5, 0.6) is 5.75 Å². The van der Waals surface area contributed by atoms with Crippen LogP contribution in [0, 0.1) is 0 Å². The number of rotatable bonds is 8. The summed E-state index contributed by atoms with van der Waals surface area (Å²) in [5.74, 6) is 0.159. The SMILES string of the molecule is CNC(=O)[C@H](C)Oc1ccc(S(=O)(=O)N[C@H](C)COC)cc1. The van der Waals surface area contributed by atoms with Crippen molar-refractivity contribution in [3.8, 4) is 5.75 Å². The van der Waals surface area contributed by atoms with Crippen molar-refractivity contribution in [1.29, 1.82) is 0 Å². The second-order valence-corrected chi connectivity index (χ2v) is 6.54. The maximum atomic E-state index is 12.1. The number of methoxy groups -OCH3 is 1. The van der Waals surface area contributed by atoms with Crippen molar-refractivity contribution in [1.82, 2.24) is 10.0 Å². The highest BCUT2D eigenvalue weighted by atomic mass is 32.2. The highest BCUT2D eigenvalue weighted by Crippen LogP contribution is 2.17. The molecule has 0 saturated heterocycles. The van der Waals surface area contributed by atoms with Crippen LogP contribution in [0.2, 0.25) is 0 Å². The van der Waals surface area contributed by atoms with E-state index in [9.17, 15) is 13.2 Å². The minimum absolute atomic E-state index is 0.121. The third kappa shape index (κ3) is 5.28. The second kappa shape index (κ2) is 8.11. The fraction of sp³-hybridized carbons (Fsp3) is 0.500. The van der Waals surface area contributed by atoms with Crippen molar-refractivity contribution in [2.75, 3.05) is 20.8 Å². The smallest absolute Gasteiger partial charge is 0.260 e. The van der Waals surface area contributed by atoms with Gasteiger partial charge in [0.2, 0.25) is 10.0 Å². The molecule has 0 saturated carbocycles. The molecule has 1 aromatic rings. The van der Waals surface area contributed by atoms with Crippen LogP contribution >= 0.6 is 0 Å². The number of likely N-dealkylation sites (N-methyl/N-ethyl adjacent to an activating group) is 1. The number of hydrogen-bond acceptors (Lipinski definition) is 5. The Bertz CT molecular complexity index is 586. The van der Waals surface area contributed by atoms with E-state index in [1.165, 1.54) is 38.4 Å². The molecular weight excluding hydrogens is 308 g/mol. The summed E-state index contributed by atoms with van der Waals surface area (Å²) in [4.78, 5) is 11.5. The standard InChI is InChI=1S/C14H22N2O5S/c1-10(9-20-4)16-22(18,19)13-7-5-12(6-8-13)21-11(2)14(17)15-3/h5-8,10-11,16H,9H2,1-4H3,(H,15,17)/t10-,11+/m1/s1. The van der Waals surface area contributed by atoms with Gasteiger partial charge >= 0.3 is 0 Å². The fourth-order valence-corrected chi connectivity index (χ4v) is 3.00. The molecule has 0 aromatic heterocycles. The van der Waals surface area contributed by atoms with Crippen molar-refractivity contribution in [3.63, 3.8) is 0 Å².